The number of benzene rings is 1. The quantitative estimate of drug-likeness (QED) is 0.325. The number of amides is 2. The van der Waals surface area contributed by atoms with Gasteiger partial charge in [-0.2, -0.15) is 13.2 Å². The molecule has 1 aliphatic heterocycles. The molecule has 1 N–H and O–H groups in total. The van der Waals surface area contributed by atoms with E-state index in [4.69, 9.17) is 25.5 Å². The summed E-state index contributed by atoms with van der Waals surface area (Å²) < 4.78 is 94.6. The van der Waals surface area contributed by atoms with Crippen molar-refractivity contribution < 1.29 is 54.6 Å². The van der Waals surface area contributed by atoms with Crippen LogP contribution in [0.4, 0.5) is 31.1 Å². The maximum atomic E-state index is 13.0. The van der Waals surface area contributed by atoms with E-state index in [1.54, 1.807) is 20.8 Å². The molecule has 2 atom stereocenters. The number of aromatic nitrogens is 2. The van der Waals surface area contributed by atoms with Crippen molar-refractivity contribution in [3.05, 3.63) is 40.2 Å². The number of rotatable bonds is 7. The van der Waals surface area contributed by atoms with Gasteiger partial charge in [0.25, 0.3) is 5.91 Å². The molecule has 0 saturated carbocycles. The summed E-state index contributed by atoms with van der Waals surface area (Å²) in [6.45, 7) is 3.46. The molecule has 222 valence electrons. The molecule has 17 heteroatoms. The maximum Gasteiger partial charge on any atom is 0.522 e. The van der Waals surface area contributed by atoms with Crippen LogP contribution in [-0.4, -0.2) is 64.9 Å². The van der Waals surface area contributed by atoms with Gasteiger partial charge >= 0.3 is 24.7 Å². The molecule has 1 aromatic carbocycles. The standard InChI is InChI=1S/C23H25ClF6N4O6/c1-21(2,3)40-20(36)34-11-13(31-17(35)12-4-6-14(15(24)10-12)22(25,26)27)5-7-16(34)18-32-33-19(39-18)37-8-9-38-23(28,29)30/h4,6,10,13,16H,5,7-9,11H2,1-3H3,(H,31,35)/t13-,16+/m0/s1. The Labute approximate surface area is 228 Å². The van der Waals surface area contributed by atoms with Crippen LogP contribution in [0.1, 0.15) is 61.5 Å². The molecule has 0 unspecified atom stereocenters. The van der Waals surface area contributed by atoms with Crippen molar-refractivity contribution in [2.75, 3.05) is 19.8 Å². The van der Waals surface area contributed by atoms with Gasteiger partial charge in [0.1, 0.15) is 18.2 Å². The van der Waals surface area contributed by atoms with E-state index < -0.39 is 72.1 Å². The smallest absolute Gasteiger partial charge is 0.447 e. The molecule has 40 heavy (non-hydrogen) atoms. The lowest BCUT2D eigenvalue weighted by molar-refractivity contribution is -0.325. The summed E-state index contributed by atoms with van der Waals surface area (Å²) in [7, 11) is 0. The fourth-order valence-corrected chi connectivity index (χ4v) is 4.01. The van der Waals surface area contributed by atoms with E-state index in [0.29, 0.717) is 6.07 Å². The number of alkyl halides is 6. The Hall–Kier alpha value is -3.27. The highest BCUT2D eigenvalue weighted by Gasteiger charge is 2.39. The van der Waals surface area contributed by atoms with Crippen LogP contribution in [0.2, 0.25) is 5.02 Å². The molecule has 2 aromatic rings. The zero-order valence-corrected chi connectivity index (χ0v) is 22.1. The van der Waals surface area contributed by atoms with Gasteiger partial charge in [-0.3, -0.25) is 14.4 Å². The number of hydrogen-bond donors (Lipinski definition) is 1. The number of nitrogens with zero attached hydrogens (tertiary/aromatic N) is 3. The Morgan fingerprint density at radius 3 is 2.40 bits per heavy atom. The first-order valence-electron chi connectivity index (χ1n) is 11.8. The number of carbonyl (C=O) groups excluding carboxylic acids is 2. The van der Waals surface area contributed by atoms with Crippen LogP contribution in [0.15, 0.2) is 22.6 Å². The Morgan fingerprint density at radius 2 is 1.80 bits per heavy atom. The highest BCUT2D eigenvalue weighted by atomic mass is 35.5. The molecule has 10 nitrogen and oxygen atoms in total. The van der Waals surface area contributed by atoms with Crippen LogP contribution in [0.5, 0.6) is 6.08 Å². The van der Waals surface area contributed by atoms with Crippen molar-refractivity contribution in [2.24, 2.45) is 0 Å². The fraction of sp³-hybridized carbons (Fsp3) is 0.565. The van der Waals surface area contributed by atoms with E-state index in [1.165, 1.54) is 4.90 Å². The number of hydrogen-bond acceptors (Lipinski definition) is 8. The van der Waals surface area contributed by atoms with Gasteiger partial charge in [-0.25, -0.2) is 4.79 Å². The highest BCUT2D eigenvalue weighted by molar-refractivity contribution is 6.31. The number of piperidine rings is 1. The largest absolute Gasteiger partial charge is 0.522 e. The van der Waals surface area contributed by atoms with Crippen molar-refractivity contribution in [3.63, 3.8) is 0 Å². The third-order valence-electron chi connectivity index (χ3n) is 5.36. The Morgan fingerprint density at radius 1 is 1.10 bits per heavy atom. The topological polar surface area (TPSA) is 116 Å². The predicted molar refractivity (Wildman–Crippen MR) is 124 cm³/mol. The summed E-state index contributed by atoms with van der Waals surface area (Å²) in [5.74, 6) is -0.797. The zero-order valence-electron chi connectivity index (χ0n) is 21.4. The summed E-state index contributed by atoms with van der Waals surface area (Å²) >= 11 is 5.72. The minimum Gasteiger partial charge on any atom is -0.447 e. The van der Waals surface area contributed by atoms with E-state index in [1.807, 2.05) is 0 Å². The zero-order chi connectivity index (χ0) is 29.9. The number of likely N-dealkylation sites (tertiary alicyclic amines) is 1. The summed E-state index contributed by atoms with van der Waals surface area (Å²) in [6.07, 6.45) is -10.3. The first-order valence-corrected chi connectivity index (χ1v) is 12.1. The third kappa shape index (κ3) is 8.87. The fourth-order valence-electron chi connectivity index (χ4n) is 3.72. The molecule has 2 heterocycles. The first kappa shape index (κ1) is 31.3. The van der Waals surface area contributed by atoms with Gasteiger partial charge in [-0.05, 0) is 51.8 Å². The molecule has 0 spiro atoms. The third-order valence-corrected chi connectivity index (χ3v) is 5.68. The first-order chi connectivity index (χ1) is 18.4. The Bertz CT molecular complexity index is 1200. The predicted octanol–water partition coefficient (Wildman–Crippen LogP) is 5.53. The average molecular weight is 603 g/mol. The molecule has 2 amide bonds. The lowest BCUT2D eigenvalue weighted by atomic mass is 9.98. The van der Waals surface area contributed by atoms with E-state index in [0.717, 1.165) is 12.1 Å². The molecule has 1 aliphatic rings. The second-order valence-electron chi connectivity index (χ2n) is 9.64. The second kappa shape index (κ2) is 12.1. The van der Waals surface area contributed by atoms with Crippen molar-refractivity contribution in [1.29, 1.82) is 0 Å². The van der Waals surface area contributed by atoms with Gasteiger partial charge in [0.15, 0.2) is 0 Å². The van der Waals surface area contributed by atoms with Gasteiger partial charge in [0, 0.05) is 18.2 Å². The summed E-state index contributed by atoms with van der Waals surface area (Å²) in [6, 6.07) is 1.11. The molecule has 3 rings (SSSR count). The molecular formula is C23H25ClF6N4O6. The normalized spacial score (nSPS) is 18.4. The minimum absolute atomic E-state index is 0.0862. The van der Waals surface area contributed by atoms with E-state index >= 15 is 0 Å². The Balaban J connectivity index is 1.71. The van der Waals surface area contributed by atoms with Gasteiger partial charge in [-0.15, -0.1) is 18.3 Å². The Kier molecular flexibility index (Phi) is 9.44. The second-order valence-corrected chi connectivity index (χ2v) is 10.0. The van der Waals surface area contributed by atoms with Crippen LogP contribution in [0.3, 0.4) is 0 Å². The van der Waals surface area contributed by atoms with Gasteiger partial charge < -0.3 is 19.2 Å². The van der Waals surface area contributed by atoms with Crippen LogP contribution >= 0.6 is 11.6 Å². The number of ether oxygens (including phenoxy) is 3. The lowest BCUT2D eigenvalue weighted by Gasteiger charge is -2.38. The molecule has 1 aromatic heterocycles. The van der Waals surface area contributed by atoms with E-state index in [9.17, 15) is 35.9 Å². The van der Waals surface area contributed by atoms with Crippen LogP contribution < -0.4 is 10.1 Å². The SMILES string of the molecule is CC(C)(C)OC(=O)N1C[C@@H](NC(=O)c2ccc(C(F)(F)F)c(Cl)c2)CC[C@@H]1c1nnc(OCCOC(F)(F)F)o1. The van der Waals surface area contributed by atoms with Crippen molar-refractivity contribution in [2.45, 2.75) is 63.8 Å². The summed E-state index contributed by atoms with van der Waals surface area (Å²) in [4.78, 5) is 27.0. The molecule has 0 aliphatic carbocycles. The minimum atomic E-state index is -4.83. The van der Waals surface area contributed by atoms with Gasteiger partial charge in [0.2, 0.25) is 5.89 Å². The molecule has 0 bridgehead atoms. The van der Waals surface area contributed by atoms with Crippen molar-refractivity contribution in [1.82, 2.24) is 20.4 Å². The number of halogens is 7. The summed E-state index contributed by atoms with van der Waals surface area (Å²) in [5, 5.41) is 9.46. The molecular weight excluding hydrogens is 578 g/mol. The van der Waals surface area contributed by atoms with Gasteiger partial charge in [-0.1, -0.05) is 16.7 Å². The van der Waals surface area contributed by atoms with Crippen LogP contribution in [0, 0.1) is 0 Å². The molecule has 1 saturated heterocycles. The monoisotopic (exact) mass is 602 g/mol. The van der Waals surface area contributed by atoms with Crippen LogP contribution in [-0.2, 0) is 15.7 Å². The molecule has 1 fully saturated rings. The summed E-state index contributed by atoms with van der Waals surface area (Å²) in [5.41, 5.74) is -2.09. The number of carbonyl (C=O) groups is 2. The van der Waals surface area contributed by atoms with E-state index in [2.05, 4.69) is 20.3 Å². The van der Waals surface area contributed by atoms with Gasteiger partial charge in [0.05, 0.1) is 17.2 Å². The lowest BCUT2D eigenvalue weighted by Crippen LogP contribution is -2.52. The van der Waals surface area contributed by atoms with Crippen molar-refractivity contribution >= 4 is 23.6 Å². The van der Waals surface area contributed by atoms with E-state index in [-0.39, 0.29) is 30.8 Å². The highest BCUT2D eigenvalue weighted by Crippen LogP contribution is 2.36. The average Bonchev–Trinajstić information content (AvgIpc) is 3.28. The maximum absolute atomic E-state index is 13.0. The van der Waals surface area contributed by atoms with Crippen LogP contribution in [0.25, 0.3) is 0 Å². The van der Waals surface area contributed by atoms with Crippen molar-refractivity contribution in [3.8, 4) is 6.08 Å². The number of nitrogens with one attached hydrogen (secondary N) is 1. The molecule has 0 radical (unpaired) electrons.